The quantitative estimate of drug-likeness (QED) is 0.503. The maximum Gasteiger partial charge on any atom is 0.134 e. The van der Waals surface area contributed by atoms with Crippen LogP contribution in [0.5, 0.6) is 0 Å². The molecular formula is C8H13N3S. The molecule has 0 radical (unpaired) electrons. The fourth-order valence-electron chi connectivity index (χ4n) is 0.703. The second-order valence-electron chi connectivity index (χ2n) is 3.63. The molecule has 0 spiro atoms. The summed E-state index contributed by atoms with van der Waals surface area (Å²) in [6.45, 7) is 5.58. The highest BCUT2D eigenvalue weighted by atomic mass is 32.1. The molecule has 0 aliphatic heterocycles. The molecule has 4 heteroatoms. The number of nitrogens with two attached hydrogens (primary N) is 1. The van der Waals surface area contributed by atoms with Crippen molar-refractivity contribution >= 4 is 22.9 Å². The van der Waals surface area contributed by atoms with E-state index in [1.54, 1.807) is 0 Å². The zero-order valence-corrected chi connectivity index (χ0v) is 8.33. The van der Waals surface area contributed by atoms with Crippen LogP contribution in [0.15, 0.2) is 0 Å². The van der Waals surface area contributed by atoms with E-state index in [2.05, 4.69) is 12.2 Å². The van der Waals surface area contributed by atoms with Crippen LogP contribution >= 0.6 is 12.2 Å². The first kappa shape index (κ1) is 11.1. The van der Waals surface area contributed by atoms with E-state index in [1.165, 1.54) is 0 Å². The van der Waals surface area contributed by atoms with E-state index in [0.717, 1.165) is 0 Å². The molecule has 0 saturated carbocycles. The van der Waals surface area contributed by atoms with Crippen LogP contribution in [0, 0.1) is 28.1 Å². The van der Waals surface area contributed by atoms with E-state index in [-0.39, 0.29) is 16.1 Å². The highest BCUT2D eigenvalue weighted by Crippen LogP contribution is 2.20. The first-order chi connectivity index (χ1) is 5.30. The molecule has 0 fully saturated rings. The van der Waals surface area contributed by atoms with Gasteiger partial charge in [-0.15, -0.1) is 0 Å². The normalized spacial score (nSPS) is 13.2. The molecule has 0 bridgehead atoms. The largest absolute Gasteiger partial charge is 0.392 e. The SMILES string of the molecule is CC(C)(C)C(=N)C(C#N)C(N)=S. The molecule has 0 heterocycles. The van der Waals surface area contributed by atoms with Gasteiger partial charge in [-0.1, -0.05) is 33.0 Å². The minimum Gasteiger partial charge on any atom is -0.392 e. The Kier molecular flexibility index (Phi) is 3.35. The van der Waals surface area contributed by atoms with Gasteiger partial charge in [0, 0.05) is 11.1 Å². The monoisotopic (exact) mass is 183 g/mol. The van der Waals surface area contributed by atoms with Crippen molar-refractivity contribution in [3.05, 3.63) is 0 Å². The van der Waals surface area contributed by atoms with Gasteiger partial charge in [-0.05, 0) is 0 Å². The van der Waals surface area contributed by atoms with Gasteiger partial charge in [0.2, 0.25) is 0 Å². The molecule has 0 aliphatic carbocycles. The Labute approximate surface area is 78.1 Å². The average molecular weight is 183 g/mol. The van der Waals surface area contributed by atoms with Gasteiger partial charge in [0.25, 0.3) is 0 Å². The Balaban J connectivity index is 4.70. The van der Waals surface area contributed by atoms with Crippen LogP contribution in [-0.4, -0.2) is 10.7 Å². The van der Waals surface area contributed by atoms with E-state index in [0.29, 0.717) is 0 Å². The number of rotatable bonds is 2. The van der Waals surface area contributed by atoms with Gasteiger partial charge in [-0.3, -0.25) is 0 Å². The third-order valence-electron chi connectivity index (χ3n) is 1.51. The fraction of sp³-hybridized carbons (Fsp3) is 0.625. The molecule has 3 nitrogen and oxygen atoms in total. The summed E-state index contributed by atoms with van der Waals surface area (Å²) >= 11 is 4.68. The van der Waals surface area contributed by atoms with E-state index in [9.17, 15) is 0 Å². The Morgan fingerprint density at radius 3 is 2.08 bits per heavy atom. The molecule has 1 unspecified atom stereocenters. The van der Waals surface area contributed by atoms with Crippen molar-refractivity contribution in [1.82, 2.24) is 0 Å². The van der Waals surface area contributed by atoms with E-state index in [4.69, 9.17) is 16.4 Å². The van der Waals surface area contributed by atoms with Gasteiger partial charge in [0.1, 0.15) is 5.92 Å². The smallest absolute Gasteiger partial charge is 0.134 e. The summed E-state index contributed by atoms with van der Waals surface area (Å²) in [7, 11) is 0. The minimum absolute atomic E-state index is 0.0809. The van der Waals surface area contributed by atoms with Gasteiger partial charge in [-0.2, -0.15) is 5.26 Å². The minimum atomic E-state index is -0.722. The number of nitrogens with one attached hydrogen (secondary N) is 1. The molecule has 0 aromatic heterocycles. The van der Waals surface area contributed by atoms with Crippen LogP contribution in [0.2, 0.25) is 0 Å². The van der Waals surface area contributed by atoms with Crippen LogP contribution in [0.1, 0.15) is 20.8 Å². The molecule has 0 aromatic rings. The van der Waals surface area contributed by atoms with Crippen LogP contribution in [0.25, 0.3) is 0 Å². The van der Waals surface area contributed by atoms with Crippen molar-refractivity contribution in [2.45, 2.75) is 20.8 Å². The number of nitriles is 1. The molecule has 0 amide bonds. The van der Waals surface area contributed by atoms with Crippen molar-refractivity contribution in [1.29, 1.82) is 10.7 Å². The summed E-state index contributed by atoms with van der Waals surface area (Å²) in [6.07, 6.45) is 0. The van der Waals surface area contributed by atoms with Crippen LogP contribution < -0.4 is 5.73 Å². The van der Waals surface area contributed by atoms with Crippen molar-refractivity contribution in [2.24, 2.45) is 17.1 Å². The fourth-order valence-corrected chi connectivity index (χ4v) is 0.874. The van der Waals surface area contributed by atoms with Crippen molar-refractivity contribution in [3.63, 3.8) is 0 Å². The summed E-state index contributed by atoms with van der Waals surface area (Å²) in [5, 5.41) is 16.3. The summed E-state index contributed by atoms with van der Waals surface area (Å²) in [6, 6.07) is 1.92. The second-order valence-corrected chi connectivity index (χ2v) is 4.10. The van der Waals surface area contributed by atoms with Crippen molar-refractivity contribution in [2.75, 3.05) is 0 Å². The van der Waals surface area contributed by atoms with Crippen LogP contribution in [0.3, 0.4) is 0 Å². The van der Waals surface area contributed by atoms with E-state index >= 15 is 0 Å². The summed E-state index contributed by atoms with van der Waals surface area (Å²) in [5.41, 5.74) is 5.24. The van der Waals surface area contributed by atoms with Gasteiger partial charge in [0.15, 0.2) is 0 Å². The highest BCUT2D eigenvalue weighted by Gasteiger charge is 2.27. The van der Waals surface area contributed by atoms with Gasteiger partial charge in [-0.25, -0.2) is 0 Å². The van der Waals surface area contributed by atoms with Crippen molar-refractivity contribution < 1.29 is 0 Å². The zero-order valence-electron chi connectivity index (χ0n) is 7.51. The summed E-state index contributed by atoms with van der Waals surface area (Å²) < 4.78 is 0. The van der Waals surface area contributed by atoms with E-state index in [1.807, 2.05) is 26.8 Å². The molecule has 0 aliphatic rings. The maximum absolute atomic E-state index is 8.67. The highest BCUT2D eigenvalue weighted by molar-refractivity contribution is 7.80. The first-order valence-electron chi connectivity index (χ1n) is 3.58. The van der Waals surface area contributed by atoms with Crippen LogP contribution in [-0.2, 0) is 0 Å². The van der Waals surface area contributed by atoms with E-state index < -0.39 is 5.92 Å². The summed E-state index contributed by atoms with van der Waals surface area (Å²) in [4.78, 5) is 0.0809. The van der Waals surface area contributed by atoms with Crippen LogP contribution in [0.4, 0.5) is 0 Å². The first-order valence-corrected chi connectivity index (χ1v) is 3.99. The Hall–Kier alpha value is -0.950. The number of thiocarbonyl (C=S) groups is 1. The molecule has 12 heavy (non-hydrogen) atoms. The second kappa shape index (κ2) is 3.63. The molecule has 3 N–H and O–H groups in total. The standard InChI is InChI=1S/C8H13N3S/c1-8(2,3)6(10)5(4-9)7(11)12/h5,10H,1-3H3,(H2,11,12). The molecular weight excluding hydrogens is 170 g/mol. The zero-order chi connectivity index (χ0) is 9.94. The predicted octanol–water partition coefficient (Wildman–Crippen LogP) is 1.48. The molecule has 66 valence electrons. The van der Waals surface area contributed by atoms with Gasteiger partial charge >= 0.3 is 0 Å². The average Bonchev–Trinajstić information content (AvgIpc) is 1.86. The lowest BCUT2D eigenvalue weighted by molar-refractivity contribution is 0.572. The lowest BCUT2D eigenvalue weighted by Gasteiger charge is -2.22. The number of hydrogen-bond acceptors (Lipinski definition) is 3. The maximum atomic E-state index is 8.67. The topological polar surface area (TPSA) is 73.7 Å². The van der Waals surface area contributed by atoms with Gasteiger partial charge in [0.05, 0.1) is 11.1 Å². The lowest BCUT2D eigenvalue weighted by Crippen LogP contribution is -2.34. The number of nitrogens with zero attached hydrogens (tertiary/aromatic N) is 1. The lowest BCUT2D eigenvalue weighted by atomic mass is 9.83. The Morgan fingerprint density at radius 1 is 1.58 bits per heavy atom. The third kappa shape index (κ3) is 2.59. The Morgan fingerprint density at radius 2 is 2.00 bits per heavy atom. The van der Waals surface area contributed by atoms with Gasteiger partial charge < -0.3 is 11.1 Å². The summed E-state index contributed by atoms with van der Waals surface area (Å²) in [5.74, 6) is -0.722. The molecule has 0 aromatic carbocycles. The molecule has 0 saturated heterocycles. The van der Waals surface area contributed by atoms with Crippen molar-refractivity contribution in [3.8, 4) is 6.07 Å². The molecule has 0 rings (SSSR count). The number of hydrogen-bond donors (Lipinski definition) is 2. The third-order valence-corrected chi connectivity index (χ3v) is 1.75. The molecule has 1 atom stereocenters. The predicted molar refractivity (Wildman–Crippen MR) is 53.1 cm³/mol. The Bertz CT molecular complexity index is 244.